The van der Waals surface area contributed by atoms with E-state index in [4.69, 9.17) is 0 Å². The van der Waals surface area contributed by atoms with Gasteiger partial charge >= 0.3 is 40.8 Å². The number of rotatable bonds is 0. The van der Waals surface area contributed by atoms with Gasteiger partial charge in [0.1, 0.15) is 0 Å². The van der Waals surface area contributed by atoms with Crippen molar-refractivity contribution in [3.05, 3.63) is 0 Å². The van der Waals surface area contributed by atoms with Crippen LogP contribution in [0.2, 0.25) is 0 Å². The quantitative estimate of drug-likeness (QED) is 0.537. The van der Waals surface area contributed by atoms with Crippen molar-refractivity contribution in [2.45, 2.75) is 0 Å². The zero-order valence-electron chi connectivity index (χ0n) is 2.79. The van der Waals surface area contributed by atoms with Crippen molar-refractivity contribution in [3.8, 4) is 0 Å². The number of hydrogen-bond acceptors (Lipinski definition) is 3. The first-order valence-corrected chi connectivity index (χ1v) is 0. The zero-order valence-corrected chi connectivity index (χ0v) is 7.39. The van der Waals surface area contributed by atoms with E-state index >= 15 is 0 Å². The summed E-state index contributed by atoms with van der Waals surface area (Å²) in [6.07, 6.45) is 0. The van der Waals surface area contributed by atoms with Gasteiger partial charge in [-0.25, -0.2) is 0 Å². The predicted octanol–water partition coefficient (Wildman–Crippen LogP) is -1.36. The van der Waals surface area contributed by atoms with E-state index in [9.17, 15) is 0 Å². The van der Waals surface area contributed by atoms with Crippen molar-refractivity contribution >= 4 is 0 Å². The minimum absolute atomic E-state index is 0. The second-order valence-corrected chi connectivity index (χ2v) is 0. The molecule has 0 spiro atoms. The number of hydrogen-bond donors (Lipinski definition) is 0. The molecule has 0 aliphatic rings. The van der Waals surface area contributed by atoms with Crippen LogP contribution in [0.15, 0.2) is 0 Å². The molecular formula is H5NdO4V. The van der Waals surface area contributed by atoms with Gasteiger partial charge < -0.3 is 21.9 Å². The van der Waals surface area contributed by atoms with Crippen LogP contribution in [0.3, 0.4) is 0 Å². The van der Waals surface area contributed by atoms with Crippen LogP contribution in [0.25, 0.3) is 0 Å². The van der Waals surface area contributed by atoms with Gasteiger partial charge in [0.25, 0.3) is 0 Å². The molecule has 0 fully saturated rings. The summed E-state index contributed by atoms with van der Waals surface area (Å²) in [5.74, 6) is 0. The third kappa shape index (κ3) is 41.8. The molecule has 0 atom stereocenters. The Labute approximate surface area is 80.3 Å². The van der Waals surface area contributed by atoms with Crippen molar-refractivity contribution < 1.29 is 81.3 Å². The van der Waals surface area contributed by atoms with Gasteiger partial charge in [-0.3, -0.25) is 0 Å². The van der Waals surface area contributed by atoms with E-state index in [1.807, 2.05) is 0 Å². The maximum atomic E-state index is 0. The van der Waals surface area contributed by atoms with Gasteiger partial charge in [0.15, 0.2) is 0 Å². The normalized spacial score (nSPS) is 0. The van der Waals surface area contributed by atoms with E-state index in [-0.39, 0.29) is 81.3 Å². The molecule has 0 aliphatic heterocycles. The molecule has 6 heavy (non-hydrogen) atoms. The summed E-state index contributed by atoms with van der Waals surface area (Å²) in [6.45, 7) is 0. The standard InChI is InChI=1S/Nd.4H2O.V/h;4*1H2;/q+3;;;;;/p-3. The molecule has 0 bridgehead atoms. The molecule has 0 saturated carbocycles. The zero-order chi connectivity index (χ0) is 0. The van der Waals surface area contributed by atoms with Crippen molar-refractivity contribution in [2.24, 2.45) is 0 Å². The predicted molar refractivity (Wildman–Crippen MR) is 9.42 cm³/mol. The molecule has 0 aromatic carbocycles. The van der Waals surface area contributed by atoms with E-state index in [0.717, 1.165) is 0 Å². The Bertz CT molecular complexity index is 7.51. The first-order valence-electron chi connectivity index (χ1n) is 0. The molecule has 0 amide bonds. The van der Waals surface area contributed by atoms with E-state index in [1.54, 1.807) is 0 Å². The Morgan fingerprint density at radius 3 is 0.667 bits per heavy atom. The van der Waals surface area contributed by atoms with E-state index < -0.39 is 0 Å². The molecule has 0 unspecified atom stereocenters. The summed E-state index contributed by atoms with van der Waals surface area (Å²) in [5.41, 5.74) is 0. The van der Waals surface area contributed by atoms with Crippen LogP contribution in [0.5, 0.6) is 0 Å². The van der Waals surface area contributed by atoms with Crippen LogP contribution in [0.1, 0.15) is 0 Å². The van der Waals surface area contributed by atoms with Crippen LogP contribution in [0, 0.1) is 40.8 Å². The second-order valence-electron chi connectivity index (χ2n) is 0. The smallest absolute Gasteiger partial charge is 0.870 e. The molecule has 6 heteroatoms. The first kappa shape index (κ1) is 113. The Kier molecular flexibility index (Phi) is 1350. The Hall–Kier alpha value is 1.78. The van der Waals surface area contributed by atoms with Crippen molar-refractivity contribution in [3.63, 3.8) is 0 Å². The topological polar surface area (TPSA) is 122 Å². The molecule has 0 rings (SSSR count). The minimum Gasteiger partial charge on any atom is -0.870 e. The first-order chi connectivity index (χ1) is 0. The molecular weight excluding hydrogens is 259 g/mol. The van der Waals surface area contributed by atoms with Gasteiger partial charge in [-0.1, -0.05) is 0 Å². The van der Waals surface area contributed by atoms with Crippen LogP contribution in [-0.2, 0) is 18.6 Å². The Balaban J connectivity index is 0. The van der Waals surface area contributed by atoms with Crippen molar-refractivity contribution in [1.82, 2.24) is 0 Å². The molecule has 38 valence electrons. The fraction of sp³-hybridized carbons (Fsp3) is 0. The van der Waals surface area contributed by atoms with Crippen LogP contribution in [-0.4, -0.2) is 21.9 Å². The minimum atomic E-state index is 0. The summed E-state index contributed by atoms with van der Waals surface area (Å²) in [5, 5.41) is 0. The van der Waals surface area contributed by atoms with Gasteiger partial charge in [0.05, 0.1) is 0 Å². The third-order valence-electron chi connectivity index (χ3n) is 0. The molecule has 0 saturated heterocycles. The van der Waals surface area contributed by atoms with Gasteiger partial charge in [-0.2, -0.15) is 0 Å². The summed E-state index contributed by atoms with van der Waals surface area (Å²) >= 11 is 0. The van der Waals surface area contributed by atoms with Crippen LogP contribution >= 0.6 is 0 Å². The van der Waals surface area contributed by atoms with Gasteiger partial charge in [0.2, 0.25) is 0 Å². The summed E-state index contributed by atoms with van der Waals surface area (Å²) in [6, 6.07) is 0. The second kappa shape index (κ2) is 71.7. The van der Waals surface area contributed by atoms with E-state index in [2.05, 4.69) is 0 Å². The van der Waals surface area contributed by atoms with Gasteiger partial charge in [0, 0.05) is 18.6 Å². The van der Waals surface area contributed by atoms with Gasteiger partial charge in [-0.15, -0.1) is 0 Å². The average Bonchev–Trinajstić information content (AvgIpc) is 0. The fourth-order valence-corrected chi connectivity index (χ4v) is 0. The van der Waals surface area contributed by atoms with Crippen molar-refractivity contribution in [2.75, 3.05) is 0 Å². The molecule has 0 heterocycles. The van der Waals surface area contributed by atoms with Gasteiger partial charge in [-0.05, 0) is 0 Å². The van der Waals surface area contributed by atoms with E-state index in [0.29, 0.717) is 0 Å². The maximum absolute atomic E-state index is 0. The fourth-order valence-electron chi connectivity index (χ4n) is 0. The maximum Gasteiger partial charge on any atom is 3.00 e. The summed E-state index contributed by atoms with van der Waals surface area (Å²) < 4.78 is 0. The van der Waals surface area contributed by atoms with E-state index in [1.165, 1.54) is 0 Å². The SMILES string of the molecule is O.[Nd+3].[OH-].[OH-].[OH-].[V]. The molecule has 0 aromatic rings. The molecule has 5 N–H and O–H groups in total. The van der Waals surface area contributed by atoms with Crippen LogP contribution < -0.4 is 0 Å². The third-order valence-corrected chi connectivity index (χ3v) is 0. The summed E-state index contributed by atoms with van der Waals surface area (Å²) in [7, 11) is 0. The molecule has 2 radical (unpaired) electrons. The molecule has 0 aliphatic carbocycles. The largest absolute Gasteiger partial charge is 3.00 e. The van der Waals surface area contributed by atoms with Crippen LogP contribution in [0.4, 0.5) is 0 Å². The molecule has 4 nitrogen and oxygen atoms in total. The molecule has 0 aromatic heterocycles. The average molecular weight is 264 g/mol. The Morgan fingerprint density at radius 1 is 0.667 bits per heavy atom. The Morgan fingerprint density at radius 2 is 0.667 bits per heavy atom. The van der Waals surface area contributed by atoms with Crippen molar-refractivity contribution in [1.29, 1.82) is 0 Å². The monoisotopic (exact) mass is 262 g/mol. The summed E-state index contributed by atoms with van der Waals surface area (Å²) in [4.78, 5) is 0.